The van der Waals surface area contributed by atoms with Crippen LogP contribution in [0.4, 0.5) is 11.8 Å². The van der Waals surface area contributed by atoms with Crippen LogP contribution in [0.5, 0.6) is 0 Å². The summed E-state index contributed by atoms with van der Waals surface area (Å²) in [7, 11) is 0. The number of hydrogen-bond acceptors (Lipinski definition) is 6. The zero-order valence-electron chi connectivity index (χ0n) is 21.0. The molecule has 34 heavy (non-hydrogen) atoms. The molecule has 0 saturated heterocycles. The summed E-state index contributed by atoms with van der Waals surface area (Å²) in [5.74, 6) is 2.02. The van der Waals surface area contributed by atoms with Gasteiger partial charge in [-0.05, 0) is 56.8 Å². The van der Waals surface area contributed by atoms with Crippen molar-refractivity contribution >= 4 is 17.7 Å². The van der Waals surface area contributed by atoms with Gasteiger partial charge in [-0.3, -0.25) is 4.79 Å². The number of aromatic nitrogens is 2. The monoisotopic (exact) mass is 471 g/mol. The van der Waals surface area contributed by atoms with Crippen molar-refractivity contribution in [2.75, 3.05) is 10.6 Å². The molecule has 7 nitrogen and oxygen atoms in total. The van der Waals surface area contributed by atoms with Gasteiger partial charge in [0.1, 0.15) is 5.82 Å². The number of nitrogens with two attached hydrogens (primary N) is 1. The Balaban J connectivity index is 1.48. The first kappa shape index (κ1) is 25.2. The van der Waals surface area contributed by atoms with Crippen LogP contribution < -0.4 is 16.4 Å². The van der Waals surface area contributed by atoms with E-state index in [-0.39, 0.29) is 17.7 Å². The molecule has 4 fully saturated rings. The lowest BCUT2D eigenvalue weighted by Gasteiger charge is -2.50. The molecule has 2 bridgehead atoms. The minimum Gasteiger partial charge on any atom is -0.393 e. The number of aliphatic hydroxyl groups is 1. The molecular weight excluding hydrogens is 426 g/mol. The highest BCUT2D eigenvalue weighted by molar-refractivity contribution is 5.97. The van der Waals surface area contributed by atoms with Crippen molar-refractivity contribution in [3.8, 4) is 0 Å². The predicted octanol–water partition coefficient (Wildman–Crippen LogP) is 5.40. The van der Waals surface area contributed by atoms with Crippen molar-refractivity contribution < 1.29 is 9.90 Å². The average Bonchev–Trinajstić information content (AvgIpc) is 2.77. The zero-order chi connectivity index (χ0) is 24.0. The van der Waals surface area contributed by atoms with Crippen molar-refractivity contribution in [3.63, 3.8) is 0 Å². The lowest BCUT2D eigenvalue weighted by atomic mass is 9.62. The largest absolute Gasteiger partial charge is 0.393 e. The highest BCUT2D eigenvalue weighted by atomic mass is 16.3. The molecule has 5 rings (SSSR count). The van der Waals surface area contributed by atoms with Gasteiger partial charge < -0.3 is 21.5 Å². The number of carbonyl (C=O) groups is 1. The fourth-order valence-corrected chi connectivity index (χ4v) is 6.53. The Kier molecular flexibility index (Phi) is 8.67. The molecule has 190 valence electrons. The highest BCUT2D eigenvalue weighted by Gasteiger charge is 2.45. The van der Waals surface area contributed by atoms with Crippen LogP contribution >= 0.6 is 0 Å². The molecule has 4 aliphatic rings. The molecule has 0 aliphatic heterocycles. The van der Waals surface area contributed by atoms with Crippen molar-refractivity contribution in [1.82, 2.24) is 9.97 Å². The topological polar surface area (TPSA) is 113 Å². The van der Waals surface area contributed by atoms with Crippen LogP contribution in [0, 0.1) is 11.8 Å². The molecule has 5 N–H and O–H groups in total. The predicted molar refractivity (Wildman–Crippen MR) is 137 cm³/mol. The summed E-state index contributed by atoms with van der Waals surface area (Å²) in [6, 6.07) is 0.247. The van der Waals surface area contributed by atoms with Crippen LogP contribution in [0.2, 0.25) is 0 Å². The highest BCUT2D eigenvalue weighted by Crippen LogP contribution is 2.47. The van der Waals surface area contributed by atoms with Gasteiger partial charge in [0, 0.05) is 17.8 Å². The Hall–Kier alpha value is -1.89. The van der Waals surface area contributed by atoms with Gasteiger partial charge in [0.05, 0.1) is 11.7 Å². The Morgan fingerprint density at radius 3 is 2.29 bits per heavy atom. The molecule has 4 saturated carbocycles. The molecule has 1 aromatic rings. The Labute approximate surface area is 205 Å². The van der Waals surface area contributed by atoms with Gasteiger partial charge in [-0.15, -0.1) is 0 Å². The molecule has 1 heterocycles. The first-order valence-electron chi connectivity index (χ1n) is 13.8. The number of carbonyl (C=O) groups excluding carboxylic acids is 1. The summed E-state index contributed by atoms with van der Waals surface area (Å²) < 4.78 is 0. The maximum atomic E-state index is 12.2. The van der Waals surface area contributed by atoms with E-state index < -0.39 is 5.91 Å². The summed E-state index contributed by atoms with van der Waals surface area (Å²) in [5, 5.41) is 17.0. The second kappa shape index (κ2) is 11.7. The molecule has 1 unspecified atom stereocenters. The van der Waals surface area contributed by atoms with Crippen LogP contribution in [0.15, 0.2) is 6.20 Å². The normalized spacial score (nSPS) is 33.2. The number of amides is 1. The van der Waals surface area contributed by atoms with Crippen LogP contribution in [0.1, 0.15) is 120 Å². The van der Waals surface area contributed by atoms with Crippen molar-refractivity contribution in [1.29, 1.82) is 0 Å². The van der Waals surface area contributed by atoms with Gasteiger partial charge in [-0.25, -0.2) is 4.98 Å². The lowest BCUT2D eigenvalue weighted by molar-refractivity contribution is 0.0999. The third-order valence-electron chi connectivity index (χ3n) is 8.38. The van der Waals surface area contributed by atoms with Crippen LogP contribution in [0.25, 0.3) is 0 Å². The SMILES string of the molecule is CC1CCCCCCCCCC2CC(Nc3nc(N[C@H]4CC[C@H](O)CC4)ncc3C(N)=O)(C1)C2. The number of rotatable bonds is 5. The van der Waals surface area contributed by atoms with E-state index >= 15 is 0 Å². The first-order chi connectivity index (χ1) is 16.4. The van der Waals surface area contributed by atoms with Gasteiger partial charge in [0.15, 0.2) is 0 Å². The third-order valence-corrected chi connectivity index (χ3v) is 8.38. The van der Waals surface area contributed by atoms with E-state index in [1.165, 1.54) is 57.8 Å². The molecule has 4 aliphatic carbocycles. The minimum atomic E-state index is -0.490. The Morgan fingerprint density at radius 2 is 1.62 bits per heavy atom. The smallest absolute Gasteiger partial charge is 0.254 e. The fourth-order valence-electron chi connectivity index (χ4n) is 6.53. The van der Waals surface area contributed by atoms with Gasteiger partial charge in [-0.1, -0.05) is 64.7 Å². The number of nitrogens with one attached hydrogen (secondary N) is 2. The van der Waals surface area contributed by atoms with Gasteiger partial charge in [0.25, 0.3) is 5.91 Å². The molecule has 1 atom stereocenters. The van der Waals surface area contributed by atoms with Crippen molar-refractivity contribution in [2.45, 2.75) is 127 Å². The second-order valence-electron chi connectivity index (χ2n) is 11.5. The number of hydrogen-bond donors (Lipinski definition) is 4. The maximum absolute atomic E-state index is 12.2. The standard InChI is InChI=1S/C27H45N5O2/c1-19-9-7-5-3-2-4-6-8-10-20-16-27(15-19,17-20)32-25-23(24(28)34)18-29-26(31-25)30-21-11-13-22(33)14-12-21/h18-22,33H,2-17H2,1H3,(H2,28,34)(H2,29,30,31,32)/t19?,20?,21-,22-,27?. The first-order valence-corrected chi connectivity index (χ1v) is 13.8. The summed E-state index contributed by atoms with van der Waals surface area (Å²) in [6.45, 7) is 2.38. The van der Waals surface area contributed by atoms with E-state index in [4.69, 9.17) is 10.7 Å². The third kappa shape index (κ3) is 6.83. The van der Waals surface area contributed by atoms with Crippen molar-refractivity contribution in [2.24, 2.45) is 17.6 Å². The van der Waals surface area contributed by atoms with E-state index in [2.05, 4.69) is 22.5 Å². The molecule has 1 aromatic heterocycles. The van der Waals surface area contributed by atoms with E-state index in [0.717, 1.165) is 50.9 Å². The molecule has 0 spiro atoms. The molecule has 0 aromatic carbocycles. The van der Waals surface area contributed by atoms with E-state index in [1.54, 1.807) is 6.20 Å². The molecular formula is C27H45N5O2. The van der Waals surface area contributed by atoms with Crippen molar-refractivity contribution in [3.05, 3.63) is 11.8 Å². The maximum Gasteiger partial charge on any atom is 0.254 e. The molecule has 7 heteroatoms. The summed E-state index contributed by atoms with van der Waals surface area (Å²) in [6.07, 6.45) is 20.2. The van der Waals surface area contributed by atoms with Gasteiger partial charge in [0.2, 0.25) is 5.95 Å². The van der Waals surface area contributed by atoms with E-state index in [0.29, 0.717) is 23.2 Å². The number of anilines is 2. The lowest BCUT2D eigenvalue weighted by Crippen LogP contribution is -2.52. The van der Waals surface area contributed by atoms with Crippen LogP contribution in [-0.2, 0) is 0 Å². The summed E-state index contributed by atoms with van der Waals surface area (Å²) in [5.41, 5.74) is 6.07. The Morgan fingerprint density at radius 1 is 0.971 bits per heavy atom. The number of fused-ring (bicyclic) bond motifs is 10. The van der Waals surface area contributed by atoms with E-state index in [1.807, 2.05) is 0 Å². The number of nitrogens with zero attached hydrogens (tertiary/aromatic N) is 2. The molecule has 0 radical (unpaired) electrons. The quantitative estimate of drug-likeness (QED) is 0.457. The van der Waals surface area contributed by atoms with Gasteiger partial charge in [-0.2, -0.15) is 4.98 Å². The van der Waals surface area contributed by atoms with Crippen LogP contribution in [-0.4, -0.2) is 38.7 Å². The number of primary amides is 1. The van der Waals surface area contributed by atoms with Crippen LogP contribution in [0.3, 0.4) is 0 Å². The second-order valence-corrected chi connectivity index (χ2v) is 11.5. The molecule has 1 amide bonds. The fraction of sp³-hybridized carbons (Fsp3) is 0.815. The Bertz CT molecular complexity index is 802. The summed E-state index contributed by atoms with van der Waals surface area (Å²) in [4.78, 5) is 21.4. The number of aliphatic hydroxyl groups excluding tert-OH is 1. The zero-order valence-corrected chi connectivity index (χ0v) is 21.0. The summed E-state index contributed by atoms with van der Waals surface area (Å²) >= 11 is 0. The van der Waals surface area contributed by atoms with Gasteiger partial charge >= 0.3 is 0 Å². The van der Waals surface area contributed by atoms with E-state index in [9.17, 15) is 9.90 Å². The minimum absolute atomic E-state index is 0.0149. The average molecular weight is 472 g/mol.